The van der Waals surface area contributed by atoms with Crippen LogP contribution in [0, 0.1) is 25.2 Å². The van der Waals surface area contributed by atoms with Crippen LogP contribution in [0.3, 0.4) is 0 Å². The van der Waals surface area contributed by atoms with Gasteiger partial charge in [0.25, 0.3) is 5.91 Å². The van der Waals surface area contributed by atoms with E-state index in [0.717, 1.165) is 26.8 Å². The smallest absolute Gasteiger partial charge is 0.341 e. The molecule has 1 heterocycles. The first-order valence-corrected chi connectivity index (χ1v) is 12.6. The zero-order valence-corrected chi connectivity index (χ0v) is 21.6. The number of carbonyl (C=O) groups is 2. The van der Waals surface area contributed by atoms with E-state index in [1.54, 1.807) is 26.0 Å². The number of benzene rings is 3. The number of hydrogen-bond acceptors (Lipinski definition) is 6. The van der Waals surface area contributed by atoms with E-state index in [1.165, 1.54) is 17.4 Å². The standard InChI is InChI=1S/C30H26N2O4S/c1-4-35-30(34)27-19(2)20(3)37-29(27)32-28(33)24(17-31)15-21-9-7-13-25(16-21)36-18-23-12-8-11-22-10-5-6-14-26(22)23/h5-16H,4,18H2,1-3H3,(H,32,33)/b24-15+. The van der Waals surface area contributed by atoms with Gasteiger partial charge >= 0.3 is 5.97 Å². The molecule has 6 nitrogen and oxygen atoms in total. The van der Waals surface area contributed by atoms with Crippen LogP contribution in [-0.4, -0.2) is 18.5 Å². The minimum Gasteiger partial charge on any atom is -0.489 e. The fourth-order valence-corrected chi connectivity index (χ4v) is 4.97. The van der Waals surface area contributed by atoms with Crippen molar-refractivity contribution in [1.29, 1.82) is 5.26 Å². The molecule has 0 atom stereocenters. The van der Waals surface area contributed by atoms with E-state index in [4.69, 9.17) is 9.47 Å². The summed E-state index contributed by atoms with van der Waals surface area (Å²) in [6.07, 6.45) is 1.50. The van der Waals surface area contributed by atoms with Gasteiger partial charge in [-0.3, -0.25) is 4.79 Å². The molecule has 7 heteroatoms. The molecule has 37 heavy (non-hydrogen) atoms. The normalized spacial score (nSPS) is 11.1. The number of nitriles is 1. The van der Waals surface area contributed by atoms with E-state index >= 15 is 0 Å². The maximum absolute atomic E-state index is 12.9. The molecule has 0 aliphatic carbocycles. The average molecular weight is 511 g/mol. The van der Waals surface area contributed by atoms with E-state index in [0.29, 0.717) is 28.5 Å². The Hall–Kier alpha value is -4.41. The third-order valence-electron chi connectivity index (χ3n) is 5.90. The fraction of sp³-hybridized carbons (Fsp3) is 0.167. The minimum absolute atomic E-state index is 0.0929. The third kappa shape index (κ3) is 5.88. The van der Waals surface area contributed by atoms with Crippen molar-refractivity contribution in [3.8, 4) is 11.8 Å². The molecule has 0 radical (unpaired) electrons. The van der Waals surface area contributed by atoms with Crippen molar-refractivity contribution in [2.75, 3.05) is 11.9 Å². The molecular weight excluding hydrogens is 484 g/mol. The second-order valence-electron chi connectivity index (χ2n) is 8.33. The highest BCUT2D eigenvalue weighted by Crippen LogP contribution is 2.33. The summed E-state index contributed by atoms with van der Waals surface area (Å²) < 4.78 is 11.2. The maximum Gasteiger partial charge on any atom is 0.341 e. The number of ether oxygens (including phenoxy) is 2. The molecule has 0 bridgehead atoms. The van der Waals surface area contributed by atoms with Gasteiger partial charge in [-0.1, -0.05) is 54.6 Å². The topological polar surface area (TPSA) is 88.4 Å². The summed E-state index contributed by atoms with van der Waals surface area (Å²) in [6, 6.07) is 23.4. The summed E-state index contributed by atoms with van der Waals surface area (Å²) in [5.74, 6) is -0.483. The van der Waals surface area contributed by atoms with Gasteiger partial charge in [-0.05, 0) is 66.4 Å². The molecule has 0 saturated carbocycles. The van der Waals surface area contributed by atoms with Crippen molar-refractivity contribution in [3.63, 3.8) is 0 Å². The van der Waals surface area contributed by atoms with E-state index in [1.807, 2.05) is 49.4 Å². The Morgan fingerprint density at radius 2 is 1.81 bits per heavy atom. The van der Waals surface area contributed by atoms with Gasteiger partial charge in [0.05, 0.1) is 12.2 Å². The number of anilines is 1. The van der Waals surface area contributed by atoms with Gasteiger partial charge < -0.3 is 14.8 Å². The molecular formula is C30H26N2O4S. The zero-order valence-electron chi connectivity index (χ0n) is 20.8. The highest BCUT2D eigenvalue weighted by atomic mass is 32.1. The van der Waals surface area contributed by atoms with Crippen molar-refractivity contribution < 1.29 is 19.1 Å². The van der Waals surface area contributed by atoms with Crippen LogP contribution < -0.4 is 10.1 Å². The lowest BCUT2D eigenvalue weighted by molar-refractivity contribution is -0.112. The van der Waals surface area contributed by atoms with Gasteiger partial charge in [0, 0.05) is 4.88 Å². The highest BCUT2D eigenvalue weighted by Gasteiger charge is 2.23. The molecule has 3 aromatic carbocycles. The molecule has 1 amide bonds. The van der Waals surface area contributed by atoms with Gasteiger partial charge in [0.1, 0.15) is 29.0 Å². The summed E-state index contributed by atoms with van der Waals surface area (Å²) in [5.41, 5.74) is 2.68. The van der Waals surface area contributed by atoms with Crippen LogP contribution in [0.5, 0.6) is 5.75 Å². The van der Waals surface area contributed by atoms with Gasteiger partial charge in [0.2, 0.25) is 0 Å². The lowest BCUT2D eigenvalue weighted by Gasteiger charge is -2.10. The summed E-state index contributed by atoms with van der Waals surface area (Å²) in [5, 5.41) is 15.0. The van der Waals surface area contributed by atoms with Crippen molar-refractivity contribution >= 4 is 45.1 Å². The lowest BCUT2D eigenvalue weighted by Crippen LogP contribution is -2.16. The number of amides is 1. The van der Waals surface area contributed by atoms with Crippen LogP contribution in [0.4, 0.5) is 5.00 Å². The van der Waals surface area contributed by atoms with Crippen molar-refractivity contribution in [2.45, 2.75) is 27.4 Å². The summed E-state index contributed by atoms with van der Waals surface area (Å²) in [4.78, 5) is 26.3. The van der Waals surface area contributed by atoms with E-state index in [9.17, 15) is 14.9 Å². The number of thiophene rings is 1. The van der Waals surface area contributed by atoms with Crippen LogP contribution >= 0.6 is 11.3 Å². The van der Waals surface area contributed by atoms with Crippen molar-refractivity contribution in [2.24, 2.45) is 0 Å². The summed E-state index contributed by atoms with van der Waals surface area (Å²) in [7, 11) is 0. The van der Waals surface area contributed by atoms with Crippen LogP contribution in [0.1, 0.15) is 38.8 Å². The molecule has 0 spiro atoms. The number of hydrogen-bond donors (Lipinski definition) is 1. The summed E-state index contributed by atoms with van der Waals surface area (Å²) >= 11 is 1.28. The monoisotopic (exact) mass is 510 g/mol. The third-order valence-corrected chi connectivity index (χ3v) is 7.02. The summed E-state index contributed by atoms with van der Waals surface area (Å²) in [6.45, 7) is 6.00. The lowest BCUT2D eigenvalue weighted by atomic mass is 10.1. The second-order valence-corrected chi connectivity index (χ2v) is 9.56. The van der Waals surface area contributed by atoms with E-state index in [2.05, 4.69) is 23.5 Å². The Kier molecular flexibility index (Phi) is 8.02. The molecule has 0 aliphatic heterocycles. The second kappa shape index (κ2) is 11.5. The predicted molar refractivity (Wildman–Crippen MR) is 147 cm³/mol. The molecule has 4 aromatic rings. The largest absolute Gasteiger partial charge is 0.489 e. The molecule has 0 aliphatic rings. The minimum atomic E-state index is -0.601. The number of nitrogens with zero attached hydrogens (tertiary/aromatic N) is 1. The number of carbonyl (C=O) groups excluding carboxylic acids is 2. The maximum atomic E-state index is 12.9. The Balaban J connectivity index is 1.52. The predicted octanol–water partition coefficient (Wildman–Crippen LogP) is 6.82. The van der Waals surface area contributed by atoms with Crippen LogP contribution in [0.25, 0.3) is 16.8 Å². The Bertz CT molecular complexity index is 1540. The molecule has 4 rings (SSSR count). The number of aryl methyl sites for hydroxylation is 1. The van der Waals surface area contributed by atoms with Crippen LogP contribution in [-0.2, 0) is 16.1 Å². The number of rotatable bonds is 8. The number of nitrogens with one attached hydrogen (secondary N) is 1. The van der Waals surface area contributed by atoms with Crippen molar-refractivity contribution in [3.05, 3.63) is 99.4 Å². The average Bonchev–Trinajstić information content (AvgIpc) is 3.18. The molecule has 1 aromatic heterocycles. The highest BCUT2D eigenvalue weighted by molar-refractivity contribution is 7.16. The Morgan fingerprint density at radius 1 is 1.05 bits per heavy atom. The van der Waals surface area contributed by atoms with Gasteiger partial charge in [0.15, 0.2) is 0 Å². The number of fused-ring (bicyclic) bond motifs is 1. The van der Waals surface area contributed by atoms with Crippen LogP contribution in [0.15, 0.2) is 72.3 Å². The van der Waals surface area contributed by atoms with E-state index in [-0.39, 0.29) is 12.2 Å². The zero-order chi connectivity index (χ0) is 26.4. The number of esters is 1. The Labute approximate surface area is 219 Å². The van der Waals surface area contributed by atoms with Crippen molar-refractivity contribution in [1.82, 2.24) is 0 Å². The fourth-order valence-electron chi connectivity index (χ4n) is 3.92. The van der Waals surface area contributed by atoms with E-state index < -0.39 is 11.9 Å². The Morgan fingerprint density at radius 3 is 2.59 bits per heavy atom. The quantitative estimate of drug-likeness (QED) is 0.160. The molecule has 186 valence electrons. The first-order valence-electron chi connectivity index (χ1n) is 11.8. The molecule has 1 N–H and O–H groups in total. The first-order chi connectivity index (χ1) is 17.9. The van der Waals surface area contributed by atoms with Gasteiger partial charge in [-0.25, -0.2) is 4.79 Å². The van der Waals surface area contributed by atoms with Gasteiger partial charge in [-0.2, -0.15) is 5.26 Å². The molecule has 0 unspecified atom stereocenters. The van der Waals surface area contributed by atoms with Crippen LogP contribution in [0.2, 0.25) is 0 Å². The molecule has 0 saturated heterocycles. The van der Waals surface area contributed by atoms with Gasteiger partial charge in [-0.15, -0.1) is 11.3 Å². The molecule has 0 fully saturated rings. The SMILES string of the molecule is CCOC(=O)c1c(NC(=O)/C(C#N)=C/c2cccc(OCc3cccc4ccccc34)c2)sc(C)c1C. The first kappa shape index (κ1) is 25.7.